The molecule has 3 heteroatoms. The quantitative estimate of drug-likeness (QED) is 0.282. The van der Waals surface area contributed by atoms with Crippen LogP contribution in [0.1, 0.15) is 173 Å². The van der Waals surface area contributed by atoms with Crippen molar-refractivity contribution >= 4 is 5.97 Å². The highest BCUT2D eigenvalue weighted by Crippen LogP contribution is 2.58. The first-order chi connectivity index (χ1) is 18.2. The minimum absolute atomic E-state index is 0.377. The largest absolute Gasteiger partial charge is 0.515 e. The van der Waals surface area contributed by atoms with Gasteiger partial charge in [-0.15, -0.1) is 0 Å². The number of carboxylic acids is 1. The molecule has 0 saturated heterocycles. The summed E-state index contributed by atoms with van der Waals surface area (Å²) in [5.41, 5.74) is 0.0247. The van der Waals surface area contributed by atoms with Gasteiger partial charge in [-0.25, -0.2) is 4.79 Å². The molecule has 0 atom stereocenters. The molecule has 0 aromatic rings. The van der Waals surface area contributed by atoms with E-state index < -0.39 is 5.97 Å². The van der Waals surface area contributed by atoms with Gasteiger partial charge in [0.25, 0.3) is 0 Å². The Bertz CT molecular complexity index is 559. The molecule has 3 aliphatic rings. The Balaban J connectivity index is 2.10. The fraction of sp³-hybridized carbons (Fsp3) is 0.912. The zero-order chi connectivity index (χ0) is 26.2. The molecule has 214 valence electrons. The van der Waals surface area contributed by atoms with Crippen LogP contribution in [0.4, 0.5) is 0 Å². The number of hydrogen-bond acceptors (Lipinski definition) is 2. The van der Waals surface area contributed by atoms with Gasteiger partial charge in [0.2, 0.25) is 0 Å². The molecular formula is C34H60O3. The van der Waals surface area contributed by atoms with E-state index in [1.807, 2.05) is 0 Å². The van der Waals surface area contributed by atoms with Gasteiger partial charge in [0.05, 0.1) is 11.8 Å². The summed E-state index contributed by atoms with van der Waals surface area (Å²) in [6.45, 7) is 0. The third-order valence-electron chi connectivity index (χ3n) is 10.7. The summed E-state index contributed by atoms with van der Waals surface area (Å²) in [4.78, 5) is 13.1. The molecule has 0 bridgehead atoms. The lowest BCUT2D eigenvalue weighted by Gasteiger charge is -2.53. The molecule has 37 heavy (non-hydrogen) atoms. The van der Waals surface area contributed by atoms with Gasteiger partial charge in [-0.05, 0) is 56.3 Å². The monoisotopic (exact) mass is 516 g/mol. The summed E-state index contributed by atoms with van der Waals surface area (Å²) in [7, 11) is 0. The van der Waals surface area contributed by atoms with Crippen molar-refractivity contribution in [2.24, 2.45) is 23.2 Å². The highest BCUT2D eigenvalue weighted by Gasteiger charge is 2.53. The average Bonchev–Trinajstić information content (AvgIpc) is 2.92. The SMILES string of the molecule is O=C(O)C(=CO)C(C1CCCCCCCCC1)(C1CCCCCCCCC1)C1CCCCCCCCC1. The Labute approximate surface area is 229 Å². The van der Waals surface area contributed by atoms with E-state index in [-0.39, 0.29) is 5.41 Å². The Morgan fingerprint density at radius 1 is 0.459 bits per heavy atom. The van der Waals surface area contributed by atoms with Crippen LogP contribution in [0, 0.1) is 23.2 Å². The number of aliphatic carboxylic acids is 1. The van der Waals surface area contributed by atoms with E-state index in [2.05, 4.69) is 0 Å². The Morgan fingerprint density at radius 3 is 0.865 bits per heavy atom. The Hall–Kier alpha value is -0.990. The highest BCUT2D eigenvalue weighted by molar-refractivity contribution is 5.88. The number of hydrogen-bond donors (Lipinski definition) is 2. The van der Waals surface area contributed by atoms with Gasteiger partial charge in [-0.2, -0.15) is 0 Å². The predicted octanol–water partition coefficient (Wildman–Crippen LogP) is 10.9. The average molecular weight is 517 g/mol. The summed E-state index contributed by atoms with van der Waals surface area (Å²) >= 11 is 0. The first-order valence-corrected chi connectivity index (χ1v) is 16.8. The fourth-order valence-electron chi connectivity index (χ4n) is 8.87. The van der Waals surface area contributed by atoms with Gasteiger partial charge in [0.15, 0.2) is 0 Å². The second kappa shape index (κ2) is 17.6. The van der Waals surface area contributed by atoms with Crippen LogP contribution < -0.4 is 0 Å². The number of aliphatic hydroxyl groups is 1. The normalized spacial score (nSPS) is 25.2. The van der Waals surface area contributed by atoms with E-state index in [4.69, 9.17) is 0 Å². The van der Waals surface area contributed by atoms with Crippen LogP contribution in [0.2, 0.25) is 0 Å². The van der Waals surface area contributed by atoms with Crippen LogP contribution in [0.15, 0.2) is 11.8 Å². The lowest BCUT2D eigenvalue weighted by molar-refractivity contribution is -0.137. The summed E-state index contributed by atoms with van der Waals surface area (Å²) in [5.74, 6) is 0.330. The van der Waals surface area contributed by atoms with Crippen LogP contribution in [-0.4, -0.2) is 16.2 Å². The van der Waals surface area contributed by atoms with Crippen LogP contribution in [0.5, 0.6) is 0 Å². The van der Waals surface area contributed by atoms with E-state index in [1.165, 1.54) is 135 Å². The van der Waals surface area contributed by atoms with Crippen LogP contribution in [-0.2, 0) is 4.79 Å². The van der Waals surface area contributed by atoms with Crippen LogP contribution >= 0.6 is 0 Å². The van der Waals surface area contributed by atoms with E-state index >= 15 is 0 Å². The molecule has 0 spiro atoms. The van der Waals surface area contributed by atoms with Crippen LogP contribution in [0.3, 0.4) is 0 Å². The van der Waals surface area contributed by atoms with Crippen molar-refractivity contribution in [3.63, 3.8) is 0 Å². The maximum absolute atomic E-state index is 13.1. The molecular weight excluding hydrogens is 456 g/mol. The van der Waals surface area contributed by atoms with Crippen molar-refractivity contribution in [3.8, 4) is 0 Å². The minimum Gasteiger partial charge on any atom is -0.515 e. The minimum atomic E-state index is -0.839. The maximum Gasteiger partial charge on any atom is 0.335 e. The lowest BCUT2D eigenvalue weighted by atomic mass is 9.50. The Morgan fingerprint density at radius 2 is 0.676 bits per heavy atom. The standard InChI is InChI=1S/C34H60O3/c35-28-32(33(36)37)34(29-22-16-10-4-1-5-11-17-23-29,30-24-18-12-6-2-7-13-19-25-30)31-26-20-14-8-3-9-15-21-27-31/h28-31,35H,1-27H2,(H,36,37). The lowest BCUT2D eigenvalue weighted by Crippen LogP contribution is -2.48. The summed E-state index contributed by atoms with van der Waals surface area (Å²) in [6.07, 6.45) is 35.1. The topological polar surface area (TPSA) is 57.5 Å². The molecule has 0 aromatic carbocycles. The molecule has 0 heterocycles. The molecule has 3 fully saturated rings. The van der Waals surface area contributed by atoms with Crippen molar-refractivity contribution in [1.82, 2.24) is 0 Å². The summed E-state index contributed by atoms with van der Waals surface area (Å²) < 4.78 is 0. The van der Waals surface area contributed by atoms with Gasteiger partial charge >= 0.3 is 5.97 Å². The molecule has 0 aliphatic heterocycles. The molecule has 3 nitrogen and oxygen atoms in total. The van der Waals surface area contributed by atoms with E-state index in [0.717, 1.165) is 44.8 Å². The van der Waals surface area contributed by atoms with Crippen molar-refractivity contribution < 1.29 is 15.0 Å². The van der Waals surface area contributed by atoms with Crippen molar-refractivity contribution in [3.05, 3.63) is 11.8 Å². The molecule has 3 saturated carbocycles. The van der Waals surface area contributed by atoms with Gasteiger partial charge < -0.3 is 10.2 Å². The summed E-state index contributed by atoms with van der Waals surface area (Å²) in [5, 5.41) is 21.5. The third kappa shape index (κ3) is 9.03. The van der Waals surface area contributed by atoms with E-state index in [0.29, 0.717) is 23.3 Å². The van der Waals surface area contributed by atoms with Gasteiger partial charge in [0.1, 0.15) is 0 Å². The van der Waals surface area contributed by atoms with E-state index in [9.17, 15) is 15.0 Å². The third-order valence-corrected chi connectivity index (χ3v) is 10.7. The highest BCUT2D eigenvalue weighted by atomic mass is 16.4. The molecule has 2 N–H and O–H groups in total. The van der Waals surface area contributed by atoms with Gasteiger partial charge in [-0.1, -0.05) is 135 Å². The number of carbonyl (C=O) groups is 1. The molecule has 0 radical (unpaired) electrons. The molecule has 0 unspecified atom stereocenters. The molecule has 0 amide bonds. The molecule has 0 aromatic heterocycles. The smallest absolute Gasteiger partial charge is 0.335 e. The molecule has 3 aliphatic carbocycles. The van der Waals surface area contributed by atoms with Crippen molar-refractivity contribution in [1.29, 1.82) is 0 Å². The Kier molecular flexibility index (Phi) is 14.5. The van der Waals surface area contributed by atoms with Crippen molar-refractivity contribution in [2.75, 3.05) is 0 Å². The fourth-order valence-corrected chi connectivity index (χ4v) is 8.87. The second-order valence-corrected chi connectivity index (χ2v) is 13.0. The summed E-state index contributed by atoms with van der Waals surface area (Å²) in [6, 6.07) is 0. The molecule has 3 rings (SSSR count). The van der Waals surface area contributed by atoms with E-state index in [1.54, 1.807) is 0 Å². The number of carboxylic acid groups (broad SMARTS) is 1. The van der Waals surface area contributed by atoms with Gasteiger partial charge in [-0.3, -0.25) is 0 Å². The second-order valence-electron chi connectivity index (χ2n) is 13.0. The van der Waals surface area contributed by atoms with Gasteiger partial charge in [0, 0.05) is 5.41 Å². The number of rotatable bonds is 5. The zero-order valence-corrected chi connectivity index (χ0v) is 24.2. The maximum atomic E-state index is 13.1. The first kappa shape index (κ1) is 30.6. The zero-order valence-electron chi connectivity index (χ0n) is 24.2. The predicted molar refractivity (Wildman–Crippen MR) is 156 cm³/mol. The first-order valence-electron chi connectivity index (χ1n) is 16.8. The van der Waals surface area contributed by atoms with Crippen LogP contribution in [0.25, 0.3) is 0 Å². The van der Waals surface area contributed by atoms with Crippen molar-refractivity contribution in [2.45, 2.75) is 173 Å². The number of aliphatic hydroxyl groups excluding tert-OH is 1.